The number of carbonyl (C=O) groups excluding carboxylic acids is 2. The Balaban J connectivity index is 1.50. The molecule has 0 spiro atoms. The number of nitrogens with zero attached hydrogens (tertiary/aromatic N) is 1. The van der Waals surface area contributed by atoms with Gasteiger partial charge in [0.15, 0.2) is 0 Å². The van der Waals surface area contributed by atoms with Gasteiger partial charge in [0.1, 0.15) is 0 Å². The predicted octanol–water partition coefficient (Wildman–Crippen LogP) is 1.84. The lowest BCUT2D eigenvalue weighted by Gasteiger charge is -2.17. The topological polar surface area (TPSA) is 49.4 Å². The van der Waals surface area contributed by atoms with Gasteiger partial charge in [-0.15, -0.1) is 0 Å². The van der Waals surface area contributed by atoms with Crippen molar-refractivity contribution in [3.63, 3.8) is 0 Å². The molecule has 110 valence electrons. The van der Waals surface area contributed by atoms with Crippen LogP contribution in [0.2, 0.25) is 0 Å². The van der Waals surface area contributed by atoms with Crippen molar-refractivity contribution in [1.82, 2.24) is 10.2 Å². The molecule has 4 nitrogen and oxygen atoms in total. The van der Waals surface area contributed by atoms with E-state index >= 15 is 0 Å². The number of nitrogens with one attached hydrogen (secondary N) is 1. The molecule has 2 unspecified atom stereocenters. The van der Waals surface area contributed by atoms with E-state index in [9.17, 15) is 9.59 Å². The molecule has 2 amide bonds. The smallest absolute Gasteiger partial charge is 0.251 e. The van der Waals surface area contributed by atoms with Gasteiger partial charge < -0.3 is 10.2 Å². The Labute approximate surface area is 124 Å². The molecule has 1 heterocycles. The summed E-state index contributed by atoms with van der Waals surface area (Å²) in [5.41, 5.74) is 0.588. The molecule has 3 rings (SSSR count). The summed E-state index contributed by atoms with van der Waals surface area (Å²) in [4.78, 5) is 26.0. The molecule has 1 aromatic carbocycles. The van der Waals surface area contributed by atoms with E-state index in [1.165, 1.54) is 0 Å². The van der Waals surface area contributed by atoms with Crippen LogP contribution in [0.15, 0.2) is 42.5 Å². The van der Waals surface area contributed by atoms with Crippen molar-refractivity contribution in [2.45, 2.75) is 12.8 Å². The number of fused-ring (bicyclic) bond motifs is 1. The van der Waals surface area contributed by atoms with Gasteiger partial charge in [-0.05, 0) is 36.8 Å². The van der Waals surface area contributed by atoms with Gasteiger partial charge in [-0.1, -0.05) is 30.4 Å². The number of hydrogen-bond acceptors (Lipinski definition) is 2. The second kappa shape index (κ2) is 6.12. The quantitative estimate of drug-likeness (QED) is 0.861. The average Bonchev–Trinajstić information content (AvgIpc) is 2.97. The van der Waals surface area contributed by atoms with Crippen LogP contribution in [0, 0.1) is 11.8 Å². The van der Waals surface area contributed by atoms with Gasteiger partial charge in [0, 0.05) is 18.7 Å². The first kappa shape index (κ1) is 13.9. The van der Waals surface area contributed by atoms with E-state index in [0.717, 1.165) is 25.9 Å². The molecule has 21 heavy (non-hydrogen) atoms. The molecular weight excluding hydrogens is 264 g/mol. The molecular formula is C17H20N2O2. The second-order valence-corrected chi connectivity index (χ2v) is 5.81. The van der Waals surface area contributed by atoms with Crippen molar-refractivity contribution < 1.29 is 9.59 Å². The standard InChI is InChI=1S/C17H20N2O2/c20-16(10-18-17(21)13-6-2-1-3-7-13)19-11-14-8-4-5-9-15(14)12-19/h1-7,14-15H,8-12H2,(H,18,21). The summed E-state index contributed by atoms with van der Waals surface area (Å²) < 4.78 is 0. The molecule has 2 atom stereocenters. The zero-order chi connectivity index (χ0) is 14.7. The molecule has 1 aromatic rings. The third kappa shape index (κ3) is 3.15. The Morgan fingerprint density at radius 3 is 2.29 bits per heavy atom. The van der Waals surface area contributed by atoms with E-state index in [-0.39, 0.29) is 18.4 Å². The van der Waals surface area contributed by atoms with Crippen LogP contribution < -0.4 is 5.32 Å². The second-order valence-electron chi connectivity index (χ2n) is 5.81. The van der Waals surface area contributed by atoms with Crippen LogP contribution in [-0.4, -0.2) is 36.3 Å². The maximum atomic E-state index is 12.2. The Hall–Kier alpha value is -2.10. The van der Waals surface area contributed by atoms with E-state index in [2.05, 4.69) is 17.5 Å². The molecule has 1 saturated heterocycles. The highest BCUT2D eigenvalue weighted by Gasteiger charge is 2.34. The maximum absolute atomic E-state index is 12.2. The van der Waals surface area contributed by atoms with Crippen molar-refractivity contribution >= 4 is 11.8 Å². The minimum atomic E-state index is -0.192. The molecule has 1 aliphatic carbocycles. The highest BCUT2D eigenvalue weighted by Crippen LogP contribution is 2.32. The number of rotatable bonds is 3. The summed E-state index contributed by atoms with van der Waals surface area (Å²) in [5, 5.41) is 2.71. The molecule has 0 saturated carbocycles. The van der Waals surface area contributed by atoms with Gasteiger partial charge in [-0.3, -0.25) is 9.59 Å². The van der Waals surface area contributed by atoms with Crippen LogP contribution in [0.4, 0.5) is 0 Å². The lowest BCUT2D eigenvalue weighted by atomic mass is 9.86. The lowest BCUT2D eigenvalue weighted by Crippen LogP contribution is -2.39. The van der Waals surface area contributed by atoms with Crippen LogP contribution in [-0.2, 0) is 4.79 Å². The third-order valence-corrected chi connectivity index (χ3v) is 4.41. The highest BCUT2D eigenvalue weighted by molar-refractivity contribution is 5.96. The first-order chi connectivity index (χ1) is 10.2. The van der Waals surface area contributed by atoms with Crippen LogP contribution in [0.5, 0.6) is 0 Å². The van der Waals surface area contributed by atoms with E-state index in [0.29, 0.717) is 17.4 Å². The summed E-state index contributed by atoms with van der Waals surface area (Å²) in [6.45, 7) is 1.74. The van der Waals surface area contributed by atoms with E-state index in [4.69, 9.17) is 0 Å². The van der Waals surface area contributed by atoms with Crippen LogP contribution >= 0.6 is 0 Å². The summed E-state index contributed by atoms with van der Waals surface area (Å²) in [6, 6.07) is 8.98. The van der Waals surface area contributed by atoms with Crippen molar-refractivity contribution in [1.29, 1.82) is 0 Å². The van der Waals surface area contributed by atoms with Crippen molar-refractivity contribution in [2.75, 3.05) is 19.6 Å². The van der Waals surface area contributed by atoms with E-state index < -0.39 is 0 Å². The fraction of sp³-hybridized carbons (Fsp3) is 0.412. The fourth-order valence-electron chi connectivity index (χ4n) is 3.18. The summed E-state index contributed by atoms with van der Waals surface area (Å²) >= 11 is 0. The monoisotopic (exact) mass is 284 g/mol. The van der Waals surface area contributed by atoms with Crippen molar-refractivity contribution in [3.8, 4) is 0 Å². The Morgan fingerprint density at radius 1 is 1.05 bits per heavy atom. The van der Waals surface area contributed by atoms with Gasteiger partial charge in [-0.2, -0.15) is 0 Å². The third-order valence-electron chi connectivity index (χ3n) is 4.41. The molecule has 0 radical (unpaired) electrons. The molecule has 1 aliphatic heterocycles. The van der Waals surface area contributed by atoms with Gasteiger partial charge in [0.2, 0.25) is 5.91 Å². The van der Waals surface area contributed by atoms with Gasteiger partial charge in [0.25, 0.3) is 5.91 Å². The zero-order valence-corrected chi connectivity index (χ0v) is 12.0. The molecule has 1 N–H and O–H groups in total. The molecule has 4 heteroatoms. The van der Waals surface area contributed by atoms with Gasteiger partial charge in [-0.25, -0.2) is 0 Å². The molecule has 0 bridgehead atoms. The Bertz CT molecular complexity index is 537. The van der Waals surface area contributed by atoms with Gasteiger partial charge >= 0.3 is 0 Å². The first-order valence-electron chi connectivity index (χ1n) is 7.50. The minimum absolute atomic E-state index is 0.0219. The predicted molar refractivity (Wildman–Crippen MR) is 80.7 cm³/mol. The number of likely N-dealkylation sites (tertiary alicyclic amines) is 1. The van der Waals surface area contributed by atoms with Gasteiger partial charge in [0.05, 0.1) is 6.54 Å². The fourth-order valence-corrected chi connectivity index (χ4v) is 3.18. The van der Waals surface area contributed by atoms with E-state index in [1.54, 1.807) is 12.1 Å². The summed E-state index contributed by atoms with van der Waals surface area (Å²) in [6.07, 6.45) is 6.58. The number of benzene rings is 1. The highest BCUT2D eigenvalue weighted by atomic mass is 16.2. The molecule has 2 aliphatic rings. The zero-order valence-electron chi connectivity index (χ0n) is 12.0. The van der Waals surface area contributed by atoms with Crippen LogP contribution in [0.1, 0.15) is 23.2 Å². The summed E-state index contributed by atoms with van der Waals surface area (Å²) in [5.74, 6) is 1.03. The summed E-state index contributed by atoms with van der Waals surface area (Å²) in [7, 11) is 0. The minimum Gasteiger partial charge on any atom is -0.343 e. The number of hydrogen-bond donors (Lipinski definition) is 1. The number of amides is 2. The largest absolute Gasteiger partial charge is 0.343 e. The van der Waals surface area contributed by atoms with Crippen molar-refractivity contribution in [3.05, 3.63) is 48.0 Å². The van der Waals surface area contributed by atoms with Crippen molar-refractivity contribution in [2.24, 2.45) is 11.8 Å². The van der Waals surface area contributed by atoms with Crippen LogP contribution in [0.25, 0.3) is 0 Å². The number of allylic oxidation sites excluding steroid dienone is 2. The average molecular weight is 284 g/mol. The molecule has 1 fully saturated rings. The normalized spacial score (nSPS) is 23.7. The lowest BCUT2D eigenvalue weighted by molar-refractivity contribution is -0.129. The first-order valence-corrected chi connectivity index (χ1v) is 7.50. The Kier molecular flexibility index (Phi) is 4.04. The SMILES string of the molecule is O=C(NCC(=O)N1CC2CC=CCC2C1)c1ccccc1. The molecule has 0 aromatic heterocycles. The number of carbonyl (C=O) groups is 2. The Morgan fingerprint density at radius 2 is 1.67 bits per heavy atom. The van der Waals surface area contributed by atoms with Crippen LogP contribution in [0.3, 0.4) is 0 Å². The maximum Gasteiger partial charge on any atom is 0.251 e. The van der Waals surface area contributed by atoms with E-state index in [1.807, 2.05) is 23.1 Å².